The fourth-order valence-corrected chi connectivity index (χ4v) is 5.91. The highest BCUT2D eigenvalue weighted by molar-refractivity contribution is 7.89. The van der Waals surface area contributed by atoms with E-state index in [1.54, 1.807) is 4.31 Å². The molecule has 0 bridgehead atoms. The van der Waals surface area contributed by atoms with Crippen LogP contribution in [0.4, 0.5) is 0 Å². The second-order valence-corrected chi connectivity index (χ2v) is 8.97. The Hall–Kier alpha value is -1.43. The van der Waals surface area contributed by atoms with Crippen molar-refractivity contribution in [3.8, 4) is 0 Å². The van der Waals surface area contributed by atoms with Gasteiger partial charge in [0.05, 0.1) is 5.75 Å². The number of piperidine rings is 1. The van der Waals surface area contributed by atoms with Crippen molar-refractivity contribution in [2.75, 3.05) is 25.4 Å². The number of fused-ring (bicyclic) bond motifs is 1. The second kappa shape index (κ2) is 6.47. The highest BCUT2D eigenvalue weighted by atomic mass is 32.2. The number of likely N-dealkylation sites (tertiary alicyclic amines) is 1. The van der Waals surface area contributed by atoms with Crippen molar-refractivity contribution in [1.82, 2.24) is 9.21 Å². The first-order valence-corrected chi connectivity index (χ1v) is 10.4. The lowest BCUT2D eigenvalue weighted by molar-refractivity contribution is 0.158. The molecule has 4 rings (SSSR count). The molecule has 0 atom stereocenters. The molecule has 0 radical (unpaired) electrons. The lowest BCUT2D eigenvalue weighted by Crippen LogP contribution is -2.45. The monoisotopic (exact) mass is 344 g/mol. The van der Waals surface area contributed by atoms with Gasteiger partial charge in [-0.25, -0.2) is 8.42 Å². The summed E-state index contributed by atoms with van der Waals surface area (Å²) in [5.74, 6) is 0.337. The van der Waals surface area contributed by atoms with Gasteiger partial charge in [-0.05, 0) is 35.6 Å². The van der Waals surface area contributed by atoms with Crippen LogP contribution in [-0.2, 0) is 16.6 Å². The number of nitrogens with zero attached hydrogens (tertiary/aromatic N) is 2. The Morgan fingerprint density at radius 2 is 1.71 bits per heavy atom. The Labute approximate surface area is 144 Å². The average Bonchev–Trinajstić information content (AvgIpc) is 2.95. The van der Waals surface area contributed by atoms with Crippen LogP contribution in [-0.4, -0.2) is 49.1 Å². The molecule has 0 aliphatic carbocycles. The summed E-state index contributed by atoms with van der Waals surface area (Å²) in [4.78, 5) is 2.46. The largest absolute Gasteiger partial charge is 0.299 e. The summed E-state index contributed by atoms with van der Waals surface area (Å²) in [7, 11) is -2.98. The van der Waals surface area contributed by atoms with E-state index in [1.165, 1.54) is 16.3 Å². The number of hydrogen-bond acceptors (Lipinski definition) is 3. The van der Waals surface area contributed by atoms with E-state index in [1.807, 2.05) is 0 Å². The molecule has 2 aliphatic rings. The third-order valence-corrected chi connectivity index (χ3v) is 7.38. The maximum atomic E-state index is 12.1. The molecule has 128 valence electrons. The van der Waals surface area contributed by atoms with Gasteiger partial charge >= 0.3 is 0 Å². The van der Waals surface area contributed by atoms with Crippen molar-refractivity contribution >= 4 is 20.8 Å². The molecule has 2 aromatic rings. The molecule has 2 saturated heterocycles. The van der Waals surface area contributed by atoms with Gasteiger partial charge in [0, 0.05) is 32.2 Å². The van der Waals surface area contributed by atoms with E-state index in [2.05, 4.69) is 47.4 Å². The highest BCUT2D eigenvalue weighted by Crippen LogP contribution is 2.26. The van der Waals surface area contributed by atoms with Crippen LogP contribution in [0.5, 0.6) is 0 Å². The van der Waals surface area contributed by atoms with Gasteiger partial charge in [0.15, 0.2) is 0 Å². The van der Waals surface area contributed by atoms with Crippen LogP contribution in [0.25, 0.3) is 10.8 Å². The standard InChI is InChI=1S/C19H24N2O2S/c22-24(23)14-4-11-21(24)18-9-12-20(13-10-18)15-17-7-3-6-16-5-1-2-8-19(16)17/h1-3,5-8,18H,4,9-15H2. The molecule has 2 aromatic carbocycles. The van der Waals surface area contributed by atoms with E-state index < -0.39 is 10.0 Å². The van der Waals surface area contributed by atoms with E-state index in [-0.39, 0.29) is 6.04 Å². The zero-order chi connectivity index (χ0) is 16.6. The quantitative estimate of drug-likeness (QED) is 0.860. The summed E-state index contributed by atoms with van der Waals surface area (Å²) in [6, 6.07) is 15.2. The summed E-state index contributed by atoms with van der Waals surface area (Å²) < 4.78 is 26.0. The topological polar surface area (TPSA) is 40.6 Å². The van der Waals surface area contributed by atoms with E-state index in [0.717, 1.165) is 45.4 Å². The summed E-state index contributed by atoms with van der Waals surface area (Å²) in [6.07, 6.45) is 2.69. The van der Waals surface area contributed by atoms with E-state index in [0.29, 0.717) is 5.75 Å². The van der Waals surface area contributed by atoms with Gasteiger partial charge in [0.1, 0.15) is 0 Å². The Balaban J connectivity index is 1.43. The first-order valence-electron chi connectivity index (χ1n) is 8.82. The molecule has 0 saturated carbocycles. The molecule has 0 aromatic heterocycles. The zero-order valence-electron chi connectivity index (χ0n) is 13.9. The van der Waals surface area contributed by atoms with Gasteiger partial charge in [0.2, 0.25) is 10.0 Å². The van der Waals surface area contributed by atoms with Gasteiger partial charge in [-0.1, -0.05) is 42.5 Å². The molecule has 2 aliphatic heterocycles. The first kappa shape index (κ1) is 16.1. The lowest BCUT2D eigenvalue weighted by atomic mass is 10.0. The predicted octanol–water partition coefficient (Wildman–Crippen LogP) is 2.84. The second-order valence-electron chi connectivity index (χ2n) is 6.93. The van der Waals surface area contributed by atoms with Gasteiger partial charge in [0.25, 0.3) is 0 Å². The van der Waals surface area contributed by atoms with Gasteiger partial charge in [-0.15, -0.1) is 0 Å². The van der Waals surface area contributed by atoms with Crippen molar-refractivity contribution in [2.24, 2.45) is 0 Å². The van der Waals surface area contributed by atoms with E-state index in [4.69, 9.17) is 0 Å². The third-order valence-electron chi connectivity index (χ3n) is 5.38. The molecule has 5 heteroatoms. The molecule has 0 spiro atoms. The van der Waals surface area contributed by atoms with Gasteiger partial charge < -0.3 is 0 Å². The van der Waals surface area contributed by atoms with Gasteiger partial charge in [-0.3, -0.25) is 4.90 Å². The van der Waals surface area contributed by atoms with Crippen molar-refractivity contribution in [2.45, 2.75) is 31.8 Å². The minimum absolute atomic E-state index is 0.210. The molecule has 24 heavy (non-hydrogen) atoms. The van der Waals surface area contributed by atoms with Crippen molar-refractivity contribution in [3.63, 3.8) is 0 Å². The lowest BCUT2D eigenvalue weighted by Gasteiger charge is -2.36. The average molecular weight is 344 g/mol. The smallest absolute Gasteiger partial charge is 0.214 e. The summed E-state index contributed by atoms with van der Waals surface area (Å²) in [6.45, 7) is 3.61. The maximum Gasteiger partial charge on any atom is 0.214 e. The van der Waals surface area contributed by atoms with Crippen LogP contribution in [0.1, 0.15) is 24.8 Å². The van der Waals surface area contributed by atoms with Crippen LogP contribution in [0.3, 0.4) is 0 Å². The zero-order valence-corrected chi connectivity index (χ0v) is 14.7. The Morgan fingerprint density at radius 1 is 0.958 bits per heavy atom. The van der Waals surface area contributed by atoms with Crippen molar-refractivity contribution in [3.05, 3.63) is 48.0 Å². The number of rotatable bonds is 3. The fraction of sp³-hybridized carbons (Fsp3) is 0.474. The Bertz CT molecular complexity index is 821. The normalized spacial score (nSPS) is 23.0. The first-order chi connectivity index (χ1) is 11.6. The third kappa shape index (κ3) is 3.08. The van der Waals surface area contributed by atoms with Crippen LogP contribution < -0.4 is 0 Å². The fourth-order valence-electron chi connectivity index (χ4n) is 4.11. The number of sulfonamides is 1. The Morgan fingerprint density at radius 3 is 2.46 bits per heavy atom. The van der Waals surface area contributed by atoms with Crippen LogP contribution in [0, 0.1) is 0 Å². The van der Waals surface area contributed by atoms with Crippen molar-refractivity contribution < 1.29 is 8.42 Å². The van der Waals surface area contributed by atoms with Crippen LogP contribution >= 0.6 is 0 Å². The maximum absolute atomic E-state index is 12.1. The summed E-state index contributed by atoms with van der Waals surface area (Å²) in [5.41, 5.74) is 1.36. The molecule has 0 N–H and O–H groups in total. The molecular formula is C19H24N2O2S. The van der Waals surface area contributed by atoms with E-state index in [9.17, 15) is 8.42 Å². The number of benzene rings is 2. The molecule has 4 nitrogen and oxygen atoms in total. The van der Waals surface area contributed by atoms with Crippen LogP contribution in [0.2, 0.25) is 0 Å². The number of hydrogen-bond donors (Lipinski definition) is 0. The molecule has 2 heterocycles. The van der Waals surface area contributed by atoms with Gasteiger partial charge in [-0.2, -0.15) is 4.31 Å². The predicted molar refractivity (Wildman–Crippen MR) is 97.4 cm³/mol. The van der Waals surface area contributed by atoms with Crippen LogP contribution in [0.15, 0.2) is 42.5 Å². The highest BCUT2D eigenvalue weighted by Gasteiger charge is 2.35. The summed E-state index contributed by atoms with van der Waals surface area (Å²) in [5, 5.41) is 2.61. The minimum atomic E-state index is -2.98. The Kier molecular flexibility index (Phi) is 4.33. The molecule has 0 amide bonds. The molecular weight excluding hydrogens is 320 g/mol. The minimum Gasteiger partial charge on any atom is -0.299 e. The van der Waals surface area contributed by atoms with E-state index >= 15 is 0 Å². The SMILES string of the molecule is O=S1(=O)CCCN1C1CCN(Cc2cccc3ccccc23)CC1. The van der Waals surface area contributed by atoms with Crippen molar-refractivity contribution in [1.29, 1.82) is 0 Å². The summed E-state index contributed by atoms with van der Waals surface area (Å²) >= 11 is 0. The molecule has 2 fully saturated rings. The molecule has 0 unspecified atom stereocenters.